The predicted octanol–water partition coefficient (Wildman–Crippen LogP) is 2.78. The highest BCUT2D eigenvalue weighted by Crippen LogP contribution is 2.15. The van der Waals surface area contributed by atoms with Gasteiger partial charge in [0.1, 0.15) is 5.75 Å². The van der Waals surface area contributed by atoms with Gasteiger partial charge in [0.2, 0.25) is 5.91 Å². The number of halogens is 1. The lowest BCUT2D eigenvalue weighted by Gasteiger charge is -2.29. The third-order valence-electron chi connectivity index (χ3n) is 3.75. The molecule has 0 saturated carbocycles. The van der Waals surface area contributed by atoms with E-state index in [4.69, 9.17) is 4.74 Å². The molecule has 0 bridgehead atoms. The molecule has 1 fully saturated rings. The zero-order chi connectivity index (χ0) is 14.4. The standard InChI is InChI=1S/C16H24N2O2.ClH/c1-3-16(20-14-9-5-4-6-10-14)17(2)15(19)13-18-11-7-8-12-18;/h4-6,9-10,16H,3,7-8,11-13H2,1-2H3;1H. The number of hydrogen-bond donors (Lipinski definition) is 0. The van der Waals surface area contributed by atoms with Crippen LogP contribution in [0, 0.1) is 0 Å². The van der Waals surface area contributed by atoms with E-state index in [9.17, 15) is 4.79 Å². The molecule has 118 valence electrons. The van der Waals surface area contributed by atoms with Crippen LogP contribution in [-0.4, -0.2) is 48.6 Å². The van der Waals surface area contributed by atoms with Crippen molar-refractivity contribution in [2.24, 2.45) is 0 Å². The summed E-state index contributed by atoms with van der Waals surface area (Å²) >= 11 is 0. The third-order valence-corrected chi connectivity index (χ3v) is 3.75. The Morgan fingerprint density at radius 2 is 1.90 bits per heavy atom. The van der Waals surface area contributed by atoms with Crippen LogP contribution in [0.15, 0.2) is 30.3 Å². The second-order valence-corrected chi connectivity index (χ2v) is 5.28. The molecule has 1 aliphatic rings. The van der Waals surface area contributed by atoms with Crippen LogP contribution in [0.4, 0.5) is 0 Å². The molecule has 1 atom stereocenters. The molecule has 0 aliphatic carbocycles. The Morgan fingerprint density at radius 3 is 2.48 bits per heavy atom. The quantitative estimate of drug-likeness (QED) is 0.757. The van der Waals surface area contributed by atoms with Gasteiger partial charge in [-0.05, 0) is 38.1 Å². The Hall–Kier alpha value is -1.26. The Labute approximate surface area is 133 Å². The van der Waals surface area contributed by atoms with Gasteiger partial charge in [-0.1, -0.05) is 25.1 Å². The maximum absolute atomic E-state index is 12.3. The molecule has 2 rings (SSSR count). The van der Waals surface area contributed by atoms with Crippen LogP contribution in [0.3, 0.4) is 0 Å². The molecule has 4 nitrogen and oxygen atoms in total. The zero-order valence-electron chi connectivity index (χ0n) is 12.8. The second kappa shape index (κ2) is 8.90. The molecule has 21 heavy (non-hydrogen) atoms. The summed E-state index contributed by atoms with van der Waals surface area (Å²) < 4.78 is 5.90. The molecule has 0 aromatic heterocycles. The summed E-state index contributed by atoms with van der Waals surface area (Å²) in [6, 6.07) is 9.67. The Bertz CT molecular complexity index is 422. The lowest BCUT2D eigenvalue weighted by Crippen LogP contribution is -2.45. The summed E-state index contributed by atoms with van der Waals surface area (Å²) in [5.74, 6) is 0.940. The average molecular weight is 313 g/mol. The van der Waals surface area contributed by atoms with Crippen LogP contribution in [0.5, 0.6) is 5.75 Å². The van der Waals surface area contributed by atoms with E-state index in [-0.39, 0.29) is 24.5 Å². The molecular weight excluding hydrogens is 288 g/mol. The molecule has 1 amide bonds. The number of likely N-dealkylation sites (tertiary alicyclic amines) is 1. The summed E-state index contributed by atoms with van der Waals surface area (Å²) in [6.07, 6.45) is 2.98. The molecule has 1 saturated heterocycles. The number of amides is 1. The van der Waals surface area contributed by atoms with E-state index < -0.39 is 0 Å². The highest BCUT2D eigenvalue weighted by Gasteiger charge is 2.23. The molecule has 1 heterocycles. The fraction of sp³-hybridized carbons (Fsp3) is 0.562. The van der Waals surface area contributed by atoms with Gasteiger partial charge in [0, 0.05) is 13.5 Å². The number of nitrogens with zero attached hydrogens (tertiary/aromatic N) is 2. The maximum Gasteiger partial charge on any atom is 0.239 e. The third kappa shape index (κ3) is 5.21. The van der Waals surface area contributed by atoms with Crippen molar-refractivity contribution in [2.75, 3.05) is 26.7 Å². The predicted molar refractivity (Wildman–Crippen MR) is 86.8 cm³/mol. The number of ether oxygens (including phenoxy) is 1. The molecular formula is C16H25ClN2O2. The van der Waals surface area contributed by atoms with Gasteiger partial charge in [0.25, 0.3) is 0 Å². The molecule has 1 unspecified atom stereocenters. The minimum atomic E-state index is -0.201. The molecule has 1 aliphatic heterocycles. The number of hydrogen-bond acceptors (Lipinski definition) is 3. The number of para-hydroxylation sites is 1. The normalized spacial score (nSPS) is 16.1. The van der Waals surface area contributed by atoms with E-state index >= 15 is 0 Å². The highest BCUT2D eigenvalue weighted by atomic mass is 35.5. The van der Waals surface area contributed by atoms with Gasteiger partial charge in [-0.3, -0.25) is 9.69 Å². The van der Waals surface area contributed by atoms with Gasteiger partial charge >= 0.3 is 0 Å². The van der Waals surface area contributed by atoms with Crippen LogP contribution >= 0.6 is 12.4 Å². The molecule has 0 radical (unpaired) electrons. The van der Waals surface area contributed by atoms with E-state index in [0.29, 0.717) is 6.54 Å². The van der Waals surface area contributed by atoms with Crippen molar-refractivity contribution in [3.8, 4) is 5.75 Å². The van der Waals surface area contributed by atoms with Gasteiger partial charge in [-0.2, -0.15) is 0 Å². The van der Waals surface area contributed by atoms with Gasteiger partial charge in [0.15, 0.2) is 6.23 Å². The fourth-order valence-electron chi connectivity index (χ4n) is 2.50. The summed E-state index contributed by atoms with van der Waals surface area (Å²) in [5, 5.41) is 0. The number of rotatable bonds is 6. The zero-order valence-corrected chi connectivity index (χ0v) is 13.6. The van der Waals surface area contributed by atoms with Gasteiger partial charge in [0.05, 0.1) is 6.54 Å². The van der Waals surface area contributed by atoms with Crippen molar-refractivity contribution < 1.29 is 9.53 Å². The molecule has 5 heteroatoms. The van der Waals surface area contributed by atoms with Crippen molar-refractivity contribution in [1.29, 1.82) is 0 Å². The van der Waals surface area contributed by atoms with Crippen LogP contribution in [0.2, 0.25) is 0 Å². The van der Waals surface area contributed by atoms with Crippen molar-refractivity contribution in [3.05, 3.63) is 30.3 Å². The second-order valence-electron chi connectivity index (χ2n) is 5.28. The van der Waals surface area contributed by atoms with Crippen molar-refractivity contribution >= 4 is 18.3 Å². The van der Waals surface area contributed by atoms with E-state index in [1.165, 1.54) is 12.8 Å². The number of carbonyl (C=O) groups excluding carboxylic acids is 1. The maximum atomic E-state index is 12.3. The van der Waals surface area contributed by atoms with Crippen LogP contribution in [0.1, 0.15) is 26.2 Å². The Kier molecular flexibility index (Phi) is 7.54. The highest BCUT2D eigenvalue weighted by molar-refractivity contribution is 5.85. The van der Waals surface area contributed by atoms with Crippen molar-refractivity contribution in [1.82, 2.24) is 9.80 Å². The summed E-state index contributed by atoms with van der Waals surface area (Å²) in [6.45, 7) is 4.62. The number of benzene rings is 1. The van der Waals surface area contributed by atoms with Crippen LogP contribution in [-0.2, 0) is 4.79 Å². The first kappa shape index (κ1) is 17.8. The number of carbonyl (C=O) groups is 1. The lowest BCUT2D eigenvalue weighted by atomic mass is 10.3. The lowest BCUT2D eigenvalue weighted by molar-refractivity contribution is -0.138. The first-order valence-corrected chi connectivity index (χ1v) is 7.40. The van der Waals surface area contributed by atoms with E-state index in [1.54, 1.807) is 4.90 Å². The molecule has 1 aromatic carbocycles. The summed E-state index contributed by atoms with van der Waals surface area (Å²) in [4.78, 5) is 16.2. The Morgan fingerprint density at radius 1 is 1.29 bits per heavy atom. The summed E-state index contributed by atoms with van der Waals surface area (Å²) in [7, 11) is 1.83. The van der Waals surface area contributed by atoms with Gasteiger partial charge in [-0.15, -0.1) is 12.4 Å². The average Bonchev–Trinajstić information content (AvgIpc) is 2.98. The summed E-state index contributed by atoms with van der Waals surface area (Å²) in [5.41, 5.74) is 0. The minimum Gasteiger partial charge on any atom is -0.470 e. The molecule has 1 aromatic rings. The van der Waals surface area contributed by atoms with Crippen molar-refractivity contribution in [3.63, 3.8) is 0 Å². The minimum absolute atomic E-state index is 0. The fourth-order valence-corrected chi connectivity index (χ4v) is 2.50. The molecule has 0 N–H and O–H groups in total. The topological polar surface area (TPSA) is 32.8 Å². The van der Waals surface area contributed by atoms with E-state index in [1.807, 2.05) is 44.3 Å². The van der Waals surface area contributed by atoms with E-state index in [0.717, 1.165) is 25.3 Å². The molecule has 0 spiro atoms. The van der Waals surface area contributed by atoms with Crippen LogP contribution < -0.4 is 4.74 Å². The van der Waals surface area contributed by atoms with Gasteiger partial charge < -0.3 is 9.64 Å². The first-order valence-electron chi connectivity index (χ1n) is 7.40. The van der Waals surface area contributed by atoms with Crippen molar-refractivity contribution in [2.45, 2.75) is 32.4 Å². The number of likely N-dealkylation sites (N-methyl/N-ethyl adjacent to an activating group) is 1. The van der Waals surface area contributed by atoms with Crippen LogP contribution in [0.25, 0.3) is 0 Å². The monoisotopic (exact) mass is 312 g/mol. The SMILES string of the molecule is CCC(Oc1ccccc1)N(C)C(=O)CN1CCCC1.Cl. The largest absolute Gasteiger partial charge is 0.470 e. The smallest absolute Gasteiger partial charge is 0.239 e. The Balaban J connectivity index is 0.00000220. The first-order chi connectivity index (χ1) is 9.70. The van der Waals surface area contributed by atoms with Gasteiger partial charge in [-0.25, -0.2) is 0 Å². The van der Waals surface area contributed by atoms with E-state index in [2.05, 4.69) is 4.90 Å².